The maximum Gasteiger partial charge on any atom is 0.311 e. The SMILES string of the molecule is O=C(NCC1(C(=O)O)CCC1)c1ccc(Cl)cc1Br. The number of amides is 1. The minimum absolute atomic E-state index is 0.163. The number of carboxylic acid groups (broad SMARTS) is 1. The second kappa shape index (κ2) is 5.51. The van der Waals surface area contributed by atoms with Gasteiger partial charge in [-0.1, -0.05) is 18.0 Å². The highest BCUT2D eigenvalue weighted by molar-refractivity contribution is 9.10. The summed E-state index contributed by atoms with van der Waals surface area (Å²) in [7, 11) is 0. The summed E-state index contributed by atoms with van der Waals surface area (Å²) in [6.45, 7) is 0.163. The molecule has 0 heterocycles. The lowest BCUT2D eigenvalue weighted by molar-refractivity contribution is -0.153. The number of carboxylic acids is 1. The van der Waals surface area contributed by atoms with Crippen LogP contribution in [0.1, 0.15) is 29.6 Å². The third kappa shape index (κ3) is 2.92. The van der Waals surface area contributed by atoms with E-state index >= 15 is 0 Å². The van der Waals surface area contributed by atoms with Crippen LogP contribution in [0, 0.1) is 5.41 Å². The van der Waals surface area contributed by atoms with Crippen molar-refractivity contribution in [3.8, 4) is 0 Å². The molecular weight excluding hydrogens is 334 g/mol. The summed E-state index contributed by atoms with van der Waals surface area (Å²) in [4.78, 5) is 23.2. The molecule has 2 rings (SSSR count). The van der Waals surface area contributed by atoms with Crippen molar-refractivity contribution in [2.24, 2.45) is 5.41 Å². The highest BCUT2D eigenvalue weighted by atomic mass is 79.9. The number of aliphatic carboxylic acids is 1. The molecule has 0 atom stereocenters. The fraction of sp³-hybridized carbons (Fsp3) is 0.385. The molecule has 0 aromatic heterocycles. The standard InChI is InChI=1S/C13H13BrClNO3/c14-10-6-8(15)2-3-9(10)11(17)16-7-13(12(18)19)4-1-5-13/h2-3,6H,1,4-5,7H2,(H,16,17)(H,18,19). The number of benzene rings is 1. The summed E-state index contributed by atoms with van der Waals surface area (Å²) in [5.41, 5.74) is -0.335. The molecule has 0 spiro atoms. The number of nitrogens with one attached hydrogen (secondary N) is 1. The van der Waals surface area contributed by atoms with Gasteiger partial charge >= 0.3 is 5.97 Å². The lowest BCUT2D eigenvalue weighted by atomic mass is 9.69. The molecule has 102 valence electrons. The van der Waals surface area contributed by atoms with Crippen molar-refractivity contribution in [1.82, 2.24) is 5.32 Å². The zero-order chi connectivity index (χ0) is 14.0. The van der Waals surface area contributed by atoms with Crippen molar-refractivity contribution >= 4 is 39.4 Å². The van der Waals surface area contributed by atoms with E-state index in [9.17, 15) is 14.7 Å². The van der Waals surface area contributed by atoms with Gasteiger partial charge in [0.25, 0.3) is 5.91 Å². The Morgan fingerprint density at radius 1 is 1.42 bits per heavy atom. The van der Waals surface area contributed by atoms with Crippen LogP contribution in [-0.2, 0) is 4.79 Å². The molecule has 1 aliphatic rings. The summed E-state index contributed by atoms with van der Waals surface area (Å²) in [6, 6.07) is 4.86. The monoisotopic (exact) mass is 345 g/mol. The smallest absolute Gasteiger partial charge is 0.311 e. The summed E-state index contributed by atoms with van der Waals surface area (Å²) in [6.07, 6.45) is 2.13. The van der Waals surface area contributed by atoms with Gasteiger partial charge in [0.2, 0.25) is 0 Å². The first-order chi connectivity index (χ1) is 8.94. The minimum Gasteiger partial charge on any atom is -0.481 e. The van der Waals surface area contributed by atoms with Crippen LogP contribution in [0.4, 0.5) is 0 Å². The normalized spacial score (nSPS) is 16.5. The summed E-state index contributed by atoms with van der Waals surface area (Å²) in [5.74, 6) is -1.13. The van der Waals surface area contributed by atoms with Crippen LogP contribution in [0.15, 0.2) is 22.7 Å². The van der Waals surface area contributed by atoms with Crippen molar-refractivity contribution in [3.63, 3.8) is 0 Å². The average Bonchev–Trinajstić information content (AvgIpc) is 2.26. The maximum atomic E-state index is 12.0. The molecule has 0 saturated heterocycles. The van der Waals surface area contributed by atoms with Crippen LogP contribution in [0.25, 0.3) is 0 Å². The number of hydrogen-bond donors (Lipinski definition) is 2. The van der Waals surface area contributed by atoms with Crippen LogP contribution >= 0.6 is 27.5 Å². The zero-order valence-corrected chi connectivity index (χ0v) is 12.4. The molecule has 0 unspecified atom stereocenters. The Balaban J connectivity index is 2.03. The topological polar surface area (TPSA) is 66.4 Å². The molecule has 19 heavy (non-hydrogen) atoms. The van der Waals surface area contributed by atoms with Crippen molar-refractivity contribution in [2.45, 2.75) is 19.3 Å². The van der Waals surface area contributed by atoms with Crippen molar-refractivity contribution in [3.05, 3.63) is 33.3 Å². The third-order valence-corrected chi connectivity index (χ3v) is 4.42. The minimum atomic E-state index is -0.839. The average molecular weight is 347 g/mol. The van der Waals surface area contributed by atoms with E-state index in [4.69, 9.17) is 11.6 Å². The summed E-state index contributed by atoms with van der Waals surface area (Å²) >= 11 is 9.07. The first kappa shape index (κ1) is 14.3. The van der Waals surface area contributed by atoms with Crippen molar-refractivity contribution < 1.29 is 14.7 Å². The van der Waals surface area contributed by atoms with E-state index in [0.717, 1.165) is 6.42 Å². The van der Waals surface area contributed by atoms with Crippen LogP contribution in [0.2, 0.25) is 5.02 Å². The predicted molar refractivity (Wildman–Crippen MR) is 75.4 cm³/mol. The lowest BCUT2D eigenvalue weighted by Crippen LogP contribution is -2.47. The molecule has 1 aliphatic carbocycles. The van der Waals surface area contributed by atoms with Gasteiger partial charge in [-0.2, -0.15) is 0 Å². The molecule has 6 heteroatoms. The summed E-state index contributed by atoms with van der Waals surface area (Å²) in [5, 5.41) is 12.4. The van der Waals surface area contributed by atoms with Crippen LogP contribution in [0.5, 0.6) is 0 Å². The van der Waals surface area contributed by atoms with E-state index in [1.165, 1.54) is 0 Å². The number of carbonyl (C=O) groups is 2. The Kier molecular flexibility index (Phi) is 4.16. The highest BCUT2D eigenvalue weighted by Gasteiger charge is 2.44. The molecule has 1 fully saturated rings. The predicted octanol–water partition coefficient (Wildman–Crippen LogP) is 3.09. The Labute approximate surface area is 124 Å². The zero-order valence-electron chi connectivity index (χ0n) is 10.1. The van der Waals surface area contributed by atoms with Gasteiger partial charge in [-0.3, -0.25) is 9.59 Å². The Morgan fingerprint density at radius 2 is 2.11 bits per heavy atom. The van der Waals surface area contributed by atoms with E-state index in [1.807, 2.05) is 0 Å². The largest absolute Gasteiger partial charge is 0.481 e. The van der Waals surface area contributed by atoms with Crippen LogP contribution in [-0.4, -0.2) is 23.5 Å². The Hall–Kier alpha value is -1.07. The van der Waals surface area contributed by atoms with Crippen LogP contribution in [0.3, 0.4) is 0 Å². The summed E-state index contributed by atoms with van der Waals surface area (Å²) < 4.78 is 0.593. The molecule has 0 aliphatic heterocycles. The van der Waals surface area contributed by atoms with Gasteiger partial charge in [0.05, 0.1) is 11.0 Å². The number of halogens is 2. The van der Waals surface area contributed by atoms with E-state index in [1.54, 1.807) is 18.2 Å². The van der Waals surface area contributed by atoms with Crippen molar-refractivity contribution in [2.75, 3.05) is 6.54 Å². The first-order valence-electron chi connectivity index (χ1n) is 5.91. The van der Waals surface area contributed by atoms with E-state index < -0.39 is 11.4 Å². The van der Waals surface area contributed by atoms with Gasteiger partial charge in [-0.25, -0.2) is 0 Å². The number of hydrogen-bond acceptors (Lipinski definition) is 2. The number of carbonyl (C=O) groups excluding carboxylic acids is 1. The Morgan fingerprint density at radius 3 is 2.58 bits per heavy atom. The molecule has 1 aromatic rings. The van der Waals surface area contributed by atoms with Gasteiger partial charge in [-0.05, 0) is 47.0 Å². The molecule has 2 N–H and O–H groups in total. The van der Waals surface area contributed by atoms with E-state index in [0.29, 0.717) is 27.9 Å². The molecule has 1 aromatic carbocycles. The Bertz CT molecular complexity index is 529. The van der Waals surface area contributed by atoms with Gasteiger partial charge in [0, 0.05) is 16.0 Å². The van der Waals surface area contributed by atoms with Gasteiger partial charge in [0.1, 0.15) is 0 Å². The molecular formula is C13H13BrClNO3. The fourth-order valence-electron chi connectivity index (χ4n) is 2.09. The fourth-order valence-corrected chi connectivity index (χ4v) is 2.95. The molecule has 4 nitrogen and oxygen atoms in total. The molecule has 1 amide bonds. The molecule has 1 saturated carbocycles. The van der Waals surface area contributed by atoms with Crippen LogP contribution < -0.4 is 5.32 Å². The van der Waals surface area contributed by atoms with E-state index in [-0.39, 0.29) is 12.5 Å². The highest BCUT2D eigenvalue weighted by Crippen LogP contribution is 2.40. The van der Waals surface area contributed by atoms with Gasteiger partial charge in [-0.15, -0.1) is 0 Å². The van der Waals surface area contributed by atoms with Crippen molar-refractivity contribution in [1.29, 1.82) is 0 Å². The quantitative estimate of drug-likeness (QED) is 0.880. The third-order valence-electron chi connectivity index (χ3n) is 3.53. The second-order valence-electron chi connectivity index (χ2n) is 4.75. The molecule has 0 radical (unpaired) electrons. The number of rotatable bonds is 4. The first-order valence-corrected chi connectivity index (χ1v) is 7.08. The van der Waals surface area contributed by atoms with Gasteiger partial charge < -0.3 is 10.4 Å². The van der Waals surface area contributed by atoms with E-state index in [2.05, 4.69) is 21.2 Å². The molecule has 0 bridgehead atoms. The maximum absolute atomic E-state index is 12.0. The second-order valence-corrected chi connectivity index (χ2v) is 6.04. The van der Waals surface area contributed by atoms with Gasteiger partial charge in [0.15, 0.2) is 0 Å². The lowest BCUT2D eigenvalue weighted by Gasteiger charge is -2.37.